The number of sulfone groups is 1. The lowest BCUT2D eigenvalue weighted by molar-refractivity contribution is -0.128. The molecule has 0 aromatic rings. The number of hydrogen-bond donors (Lipinski definition) is 4. The Morgan fingerprint density at radius 2 is 1.89 bits per heavy atom. The lowest BCUT2D eigenvalue weighted by Crippen LogP contribution is -2.55. The molecular weight excluding hydrogens is 590 g/mol. The van der Waals surface area contributed by atoms with Gasteiger partial charge in [0.1, 0.15) is 11.0 Å². The van der Waals surface area contributed by atoms with Gasteiger partial charge < -0.3 is 34.7 Å². The van der Waals surface area contributed by atoms with E-state index in [0.29, 0.717) is 68.7 Å². The number of rotatable bonds is 15. The summed E-state index contributed by atoms with van der Waals surface area (Å²) in [6.07, 6.45) is 7.90. The molecule has 0 aromatic carbocycles. The van der Waals surface area contributed by atoms with Gasteiger partial charge in [-0.15, -0.1) is 4.21 Å². The lowest BCUT2D eigenvalue weighted by atomic mass is 9.80. The fourth-order valence-electron chi connectivity index (χ4n) is 6.99. The van der Waals surface area contributed by atoms with Crippen LogP contribution in [0.1, 0.15) is 96.3 Å². The highest BCUT2D eigenvalue weighted by Gasteiger charge is 2.56. The summed E-state index contributed by atoms with van der Waals surface area (Å²) in [6.45, 7) is -0.221. The molecule has 4 rings (SSSR count). The fourth-order valence-corrected chi connectivity index (χ4v) is 8.97. The largest absolute Gasteiger partial charge is 0.615 e. The summed E-state index contributed by atoms with van der Waals surface area (Å²) in [5.41, 5.74) is 8.84. The third-order valence-electron chi connectivity index (χ3n) is 9.55. The van der Waals surface area contributed by atoms with Gasteiger partial charge in [-0.2, -0.15) is 0 Å². The Morgan fingerprint density at radius 1 is 1.16 bits per heavy atom. The summed E-state index contributed by atoms with van der Waals surface area (Å²) in [4.78, 5) is 22.2. The topological polar surface area (TPSA) is 210 Å². The minimum Gasteiger partial charge on any atom is -0.615 e. The zero-order chi connectivity index (χ0) is 31.6. The third-order valence-corrected chi connectivity index (χ3v) is 11.8. The Morgan fingerprint density at radius 3 is 2.57 bits per heavy atom. The van der Waals surface area contributed by atoms with Crippen LogP contribution < -0.4 is 5.32 Å². The molecule has 2 unspecified atom stereocenters. The predicted molar refractivity (Wildman–Crippen MR) is 164 cm³/mol. The second kappa shape index (κ2) is 16.5. The first-order chi connectivity index (χ1) is 21.2. The molecule has 3 aliphatic carbocycles. The fraction of sp³-hybridized carbons (Fsp3) is 0.867. The Bertz CT molecular complexity index is 1130. The molecule has 44 heavy (non-hydrogen) atoms. The molecule has 14 heteroatoms. The first-order valence-corrected chi connectivity index (χ1v) is 18.0. The van der Waals surface area contributed by atoms with Gasteiger partial charge in [-0.3, -0.25) is 4.79 Å². The number of nitrogens with one attached hydrogen (secondary N) is 1. The molecule has 4 atom stereocenters. The molecule has 0 saturated heterocycles. The molecule has 248 valence electrons. The van der Waals surface area contributed by atoms with Crippen LogP contribution in [0.15, 0.2) is 21.4 Å². The van der Waals surface area contributed by atoms with Crippen LogP contribution >= 0.6 is 0 Å². The summed E-state index contributed by atoms with van der Waals surface area (Å²) in [5.74, 6) is -0.534. The van der Waals surface area contributed by atoms with Gasteiger partial charge in [-0.05, 0) is 94.6 Å². The number of azide groups is 1. The number of ether oxygens (including phenoxy) is 2. The van der Waals surface area contributed by atoms with E-state index in [0.717, 1.165) is 44.9 Å². The maximum Gasteiger partial charge on any atom is 0.252 e. The van der Waals surface area contributed by atoms with Gasteiger partial charge in [-0.25, -0.2) is 4.99 Å². The van der Waals surface area contributed by atoms with E-state index < -0.39 is 45.7 Å². The highest BCUT2D eigenvalue weighted by molar-refractivity contribution is 7.98. The van der Waals surface area contributed by atoms with Crippen molar-refractivity contribution in [3.05, 3.63) is 21.7 Å². The van der Waals surface area contributed by atoms with Crippen molar-refractivity contribution in [1.29, 1.82) is 0 Å². The van der Waals surface area contributed by atoms with E-state index in [1.807, 2.05) is 0 Å². The molecule has 0 radical (unpaired) electrons. The van der Waals surface area contributed by atoms with Crippen LogP contribution in [-0.2, 0) is 28.7 Å². The van der Waals surface area contributed by atoms with E-state index in [1.54, 1.807) is 0 Å². The van der Waals surface area contributed by atoms with Crippen LogP contribution in [0.3, 0.4) is 0 Å². The standard InChI is InChI=1S/C30H49N5O8S/c31-35-34-26-10-5-4-9-25(26)27-30(29(39)32-19-22(38)20-37,15-18-44(40,41)24-7-2-1-3-8-24)33-28(43-27)21-11-13-23(14-12-21)42-17-6-16-36/h21-24,27,36-38H,1-20H2,(H-,32,39,40,41)/t21?,22?,23?,27-,30-/m0/s1. The smallest absolute Gasteiger partial charge is 0.252 e. The summed E-state index contributed by atoms with van der Waals surface area (Å²) < 4.78 is 39.7. The van der Waals surface area contributed by atoms with Crippen LogP contribution in [0.4, 0.5) is 0 Å². The third kappa shape index (κ3) is 8.60. The summed E-state index contributed by atoms with van der Waals surface area (Å²) in [6, 6.07) is 0. The van der Waals surface area contributed by atoms with E-state index in [9.17, 15) is 29.3 Å². The molecule has 2 saturated carbocycles. The first kappa shape index (κ1) is 34.8. The number of nitrogens with zero attached hydrogens (tertiary/aromatic N) is 4. The number of aliphatic hydroxyl groups excluding tert-OH is 3. The van der Waals surface area contributed by atoms with Crippen LogP contribution in [0.25, 0.3) is 10.4 Å². The number of hydrogen-bond acceptors (Lipinski definition) is 10. The van der Waals surface area contributed by atoms with Crippen molar-refractivity contribution in [3.63, 3.8) is 0 Å². The molecule has 4 N–H and O–H groups in total. The molecule has 1 heterocycles. The average molecular weight is 640 g/mol. The van der Waals surface area contributed by atoms with Gasteiger partial charge in [0.15, 0.2) is 17.5 Å². The molecule has 0 bridgehead atoms. The van der Waals surface area contributed by atoms with Gasteiger partial charge >= 0.3 is 0 Å². The van der Waals surface area contributed by atoms with E-state index in [2.05, 4.69) is 15.3 Å². The van der Waals surface area contributed by atoms with E-state index in [-0.39, 0.29) is 37.3 Å². The normalized spacial score (nSPS) is 30.1. The minimum atomic E-state index is -3.54. The van der Waals surface area contributed by atoms with E-state index in [1.165, 1.54) is 0 Å². The number of aliphatic imine (C=N–C) groups is 1. The zero-order valence-corrected chi connectivity index (χ0v) is 26.4. The Labute approximate surface area is 260 Å². The Hall–Kier alpha value is -2.06. The van der Waals surface area contributed by atoms with Crippen molar-refractivity contribution in [2.24, 2.45) is 16.0 Å². The SMILES string of the molecule is [N-]=[N+]=NC1=C([C@@H]2OC(C3CCC(OCCCO)CC3)=N[C@]2(CC[S+](=O)([O-])C2CCCCC2)C(=O)NCC(O)CO)CCCC1. The number of carbonyl (C=O) groups excluding carboxylic acids is 1. The molecule has 4 aliphatic rings. The van der Waals surface area contributed by atoms with Crippen molar-refractivity contribution < 1.29 is 38.3 Å². The molecule has 1 aliphatic heterocycles. The van der Waals surface area contributed by atoms with Gasteiger partial charge in [0.25, 0.3) is 5.91 Å². The molecule has 1 amide bonds. The van der Waals surface area contributed by atoms with Gasteiger partial charge in [0, 0.05) is 52.9 Å². The van der Waals surface area contributed by atoms with Crippen molar-refractivity contribution in [2.45, 2.75) is 125 Å². The predicted octanol–water partition coefficient (Wildman–Crippen LogP) is 3.44. The quantitative estimate of drug-likeness (QED) is 0.0684. The number of aliphatic hydroxyl groups is 3. The molecule has 13 nitrogen and oxygen atoms in total. The lowest BCUT2D eigenvalue weighted by Gasteiger charge is -2.35. The summed E-state index contributed by atoms with van der Waals surface area (Å²) in [7, 11) is -3.54. The Kier molecular flexibility index (Phi) is 13.0. The molecular formula is C30H49N5O8S. The first-order valence-electron chi connectivity index (χ1n) is 16.3. The van der Waals surface area contributed by atoms with Crippen molar-refractivity contribution >= 4 is 22.0 Å². The van der Waals surface area contributed by atoms with Gasteiger partial charge in [0.2, 0.25) is 0 Å². The van der Waals surface area contributed by atoms with E-state index >= 15 is 0 Å². The summed E-state index contributed by atoms with van der Waals surface area (Å²) >= 11 is 0. The van der Waals surface area contributed by atoms with Crippen LogP contribution in [0.5, 0.6) is 0 Å². The van der Waals surface area contributed by atoms with E-state index in [4.69, 9.17) is 19.6 Å². The number of allylic oxidation sites excluding steroid dienone is 1. The monoisotopic (exact) mass is 639 g/mol. The van der Waals surface area contributed by atoms with Crippen LogP contribution in [0, 0.1) is 5.92 Å². The molecule has 0 aromatic heterocycles. The number of carbonyl (C=O) groups is 1. The second-order valence-electron chi connectivity index (χ2n) is 12.6. The molecule has 0 spiro atoms. The van der Waals surface area contributed by atoms with Crippen molar-refractivity contribution in [2.75, 3.05) is 32.1 Å². The Balaban J connectivity index is 1.68. The highest BCUT2D eigenvalue weighted by Crippen LogP contribution is 2.44. The minimum absolute atomic E-state index is 0.0573. The van der Waals surface area contributed by atoms with Crippen LogP contribution in [0.2, 0.25) is 0 Å². The number of amides is 1. The second-order valence-corrected chi connectivity index (χ2v) is 15.0. The zero-order valence-electron chi connectivity index (χ0n) is 25.6. The van der Waals surface area contributed by atoms with Gasteiger partial charge in [0.05, 0.1) is 18.8 Å². The summed E-state index contributed by atoms with van der Waals surface area (Å²) in [5, 5.41) is 34.7. The van der Waals surface area contributed by atoms with Gasteiger partial charge in [-0.1, -0.05) is 11.5 Å². The van der Waals surface area contributed by atoms with Crippen molar-refractivity contribution in [1.82, 2.24) is 5.32 Å². The van der Waals surface area contributed by atoms with Crippen molar-refractivity contribution in [3.8, 4) is 0 Å². The highest BCUT2D eigenvalue weighted by atomic mass is 32.3. The maximum absolute atomic E-state index is 14.2. The molecule has 2 fully saturated rings. The van der Waals surface area contributed by atoms with Crippen LogP contribution in [-0.4, -0.2) is 92.9 Å². The maximum atomic E-state index is 14.2. The average Bonchev–Trinajstić information content (AvgIpc) is 3.44.